The zero-order chi connectivity index (χ0) is 13.5. The van der Waals surface area contributed by atoms with E-state index in [1.54, 1.807) is 24.1 Å². The van der Waals surface area contributed by atoms with E-state index in [2.05, 4.69) is 10.3 Å². The molecular weight excluding hydrogens is 232 g/mol. The zero-order valence-electron chi connectivity index (χ0n) is 11.1. The van der Waals surface area contributed by atoms with Gasteiger partial charge in [-0.2, -0.15) is 4.98 Å². The molecule has 0 saturated carbocycles. The van der Waals surface area contributed by atoms with Gasteiger partial charge in [-0.1, -0.05) is 0 Å². The molecule has 1 aromatic rings. The Morgan fingerprint density at radius 3 is 2.83 bits per heavy atom. The molecule has 6 heteroatoms. The number of likely N-dealkylation sites (N-methyl/N-ethyl adjacent to an activating group) is 1. The Bertz CT molecular complexity index is 409. The maximum absolute atomic E-state index is 11.6. The van der Waals surface area contributed by atoms with Gasteiger partial charge in [-0.15, -0.1) is 0 Å². The van der Waals surface area contributed by atoms with Crippen LogP contribution in [-0.2, 0) is 4.79 Å². The molecule has 0 radical (unpaired) electrons. The summed E-state index contributed by atoms with van der Waals surface area (Å²) in [6, 6.07) is 3.42. The van der Waals surface area contributed by atoms with Crippen molar-refractivity contribution in [3.05, 3.63) is 12.1 Å². The molecule has 0 saturated heterocycles. The van der Waals surface area contributed by atoms with Crippen molar-refractivity contribution in [3.63, 3.8) is 0 Å². The highest BCUT2D eigenvalue weighted by Gasteiger charge is 2.08. The molecule has 0 spiro atoms. The summed E-state index contributed by atoms with van der Waals surface area (Å²) in [4.78, 5) is 17.4. The predicted molar refractivity (Wildman–Crippen MR) is 71.6 cm³/mol. The molecule has 6 nitrogen and oxygen atoms in total. The van der Waals surface area contributed by atoms with E-state index in [1.165, 1.54) is 0 Å². The molecule has 0 bridgehead atoms. The lowest BCUT2D eigenvalue weighted by atomic mass is 10.4. The topological polar surface area (TPSA) is 80.5 Å². The number of ether oxygens (including phenoxy) is 1. The van der Waals surface area contributed by atoms with E-state index in [9.17, 15) is 4.79 Å². The van der Waals surface area contributed by atoms with Crippen LogP contribution in [0.4, 0.5) is 11.5 Å². The Morgan fingerprint density at radius 2 is 2.22 bits per heavy atom. The Kier molecular flexibility index (Phi) is 5.23. The van der Waals surface area contributed by atoms with E-state index in [0.717, 1.165) is 0 Å². The molecule has 100 valence electrons. The molecule has 0 atom stereocenters. The minimum atomic E-state index is 0.00841. The highest BCUT2D eigenvalue weighted by molar-refractivity contribution is 5.80. The van der Waals surface area contributed by atoms with Crippen LogP contribution in [0.5, 0.6) is 5.88 Å². The van der Waals surface area contributed by atoms with Crippen molar-refractivity contribution in [2.75, 3.05) is 37.8 Å². The summed E-state index contributed by atoms with van der Waals surface area (Å²) >= 11 is 0. The third-order valence-corrected chi connectivity index (χ3v) is 2.49. The van der Waals surface area contributed by atoms with Gasteiger partial charge >= 0.3 is 0 Å². The van der Waals surface area contributed by atoms with Crippen LogP contribution in [0.25, 0.3) is 0 Å². The molecule has 0 unspecified atom stereocenters. The van der Waals surface area contributed by atoms with Gasteiger partial charge in [0.05, 0.1) is 18.8 Å². The van der Waals surface area contributed by atoms with Gasteiger partial charge in [-0.3, -0.25) is 4.79 Å². The van der Waals surface area contributed by atoms with Crippen molar-refractivity contribution in [2.24, 2.45) is 0 Å². The first-order valence-electron chi connectivity index (χ1n) is 5.95. The number of nitrogens with one attached hydrogen (secondary N) is 1. The molecule has 0 aliphatic carbocycles. The normalized spacial score (nSPS) is 9.94. The standard InChI is InChI=1S/C12H20N4O2/c1-4-16(3)11(17)8-14-10-7-6-9(13)12(15-10)18-5-2/h6-7H,4-5,8,13H2,1-3H3,(H,14,15). The molecule has 0 aliphatic heterocycles. The highest BCUT2D eigenvalue weighted by atomic mass is 16.5. The van der Waals surface area contributed by atoms with Crippen LogP contribution >= 0.6 is 0 Å². The minimum Gasteiger partial charge on any atom is -0.476 e. The van der Waals surface area contributed by atoms with E-state index < -0.39 is 0 Å². The quantitative estimate of drug-likeness (QED) is 0.788. The smallest absolute Gasteiger partial charge is 0.241 e. The number of nitrogen functional groups attached to an aromatic ring is 1. The summed E-state index contributed by atoms with van der Waals surface area (Å²) in [5.74, 6) is 0.971. The van der Waals surface area contributed by atoms with Crippen LogP contribution in [0.3, 0.4) is 0 Å². The van der Waals surface area contributed by atoms with Crippen LogP contribution in [0, 0.1) is 0 Å². The number of amides is 1. The number of nitrogens with two attached hydrogens (primary N) is 1. The van der Waals surface area contributed by atoms with Crippen LogP contribution in [-0.4, -0.2) is 42.5 Å². The van der Waals surface area contributed by atoms with Crippen LogP contribution in [0.1, 0.15) is 13.8 Å². The van der Waals surface area contributed by atoms with E-state index in [4.69, 9.17) is 10.5 Å². The third-order valence-electron chi connectivity index (χ3n) is 2.49. The number of carbonyl (C=O) groups is 1. The minimum absolute atomic E-state index is 0.00841. The van der Waals surface area contributed by atoms with E-state index in [0.29, 0.717) is 30.5 Å². The van der Waals surface area contributed by atoms with Gasteiger partial charge in [0, 0.05) is 13.6 Å². The summed E-state index contributed by atoms with van der Waals surface area (Å²) in [5, 5.41) is 2.95. The number of carbonyl (C=O) groups excluding carboxylic acids is 1. The Balaban J connectivity index is 2.62. The number of rotatable bonds is 6. The molecule has 0 aromatic carbocycles. The summed E-state index contributed by atoms with van der Waals surface area (Å²) in [7, 11) is 1.76. The highest BCUT2D eigenvalue weighted by Crippen LogP contribution is 2.20. The number of nitrogens with zero attached hydrogens (tertiary/aromatic N) is 2. The van der Waals surface area contributed by atoms with E-state index in [-0.39, 0.29) is 12.5 Å². The predicted octanol–water partition coefficient (Wildman–Crippen LogP) is 0.953. The maximum atomic E-state index is 11.6. The number of anilines is 2. The number of pyridine rings is 1. The SMILES string of the molecule is CCOc1nc(NCC(=O)N(C)CC)ccc1N. The maximum Gasteiger partial charge on any atom is 0.241 e. The Morgan fingerprint density at radius 1 is 1.50 bits per heavy atom. The molecule has 3 N–H and O–H groups in total. The molecule has 0 fully saturated rings. The first kappa shape index (κ1) is 14.1. The van der Waals surface area contributed by atoms with E-state index >= 15 is 0 Å². The summed E-state index contributed by atoms with van der Waals surface area (Å²) in [5.41, 5.74) is 6.20. The summed E-state index contributed by atoms with van der Waals surface area (Å²) in [6.45, 7) is 5.17. The fourth-order valence-electron chi connectivity index (χ4n) is 1.28. The van der Waals surface area contributed by atoms with Gasteiger partial charge in [0.1, 0.15) is 5.82 Å². The Labute approximate surface area is 107 Å². The van der Waals surface area contributed by atoms with Crippen LogP contribution in [0.15, 0.2) is 12.1 Å². The zero-order valence-corrected chi connectivity index (χ0v) is 11.1. The van der Waals surface area contributed by atoms with Crippen molar-refractivity contribution >= 4 is 17.4 Å². The van der Waals surface area contributed by atoms with Crippen molar-refractivity contribution < 1.29 is 9.53 Å². The second kappa shape index (κ2) is 6.68. The average Bonchev–Trinajstić information content (AvgIpc) is 2.38. The lowest BCUT2D eigenvalue weighted by Crippen LogP contribution is -2.32. The molecule has 1 amide bonds. The van der Waals surface area contributed by atoms with Gasteiger partial charge < -0.3 is 20.7 Å². The van der Waals surface area contributed by atoms with Gasteiger partial charge in [-0.05, 0) is 26.0 Å². The lowest BCUT2D eigenvalue weighted by molar-refractivity contribution is -0.127. The second-order valence-corrected chi connectivity index (χ2v) is 3.79. The Hall–Kier alpha value is -1.98. The molecular formula is C12H20N4O2. The van der Waals surface area contributed by atoms with Gasteiger partial charge in [-0.25, -0.2) is 0 Å². The fraction of sp³-hybridized carbons (Fsp3) is 0.500. The second-order valence-electron chi connectivity index (χ2n) is 3.79. The molecule has 18 heavy (non-hydrogen) atoms. The first-order valence-corrected chi connectivity index (χ1v) is 5.95. The third kappa shape index (κ3) is 3.80. The van der Waals surface area contributed by atoms with Gasteiger partial charge in [0.2, 0.25) is 11.8 Å². The van der Waals surface area contributed by atoms with Crippen LogP contribution < -0.4 is 15.8 Å². The summed E-state index contributed by atoms with van der Waals surface area (Å²) in [6.07, 6.45) is 0. The molecule has 1 heterocycles. The van der Waals surface area contributed by atoms with Gasteiger partial charge in [0.25, 0.3) is 0 Å². The summed E-state index contributed by atoms with van der Waals surface area (Å²) < 4.78 is 5.28. The van der Waals surface area contributed by atoms with Crippen molar-refractivity contribution in [1.29, 1.82) is 0 Å². The van der Waals surface area contributed by atoms with Gasteiger partial charge in [0.15, 0.2) is 0 Å². The average molecular weight is 252 g/mol. The number of hydrogen-bond acceptors (Lipinski definition) is 5. The number of aromatic nitrogens is 1. The van der Waals surface area contributed by atoms with Crippen molar-refractivity contribution in [1.82, 2.24) is 9.88 Å². The number of hydrogen-bond donors (Lipinski definition) is 2. The van der Waals surface area contributed by atoms with Crippen molar-refractivity contribution in [2.45, 2.75) is 13.8 Å². The van der Waals surface area contributed by atoms with Crippen LogP contribution in [0.2, 0.25) is 0 Å². The first-order chi connectivity index (χ1) is 8.58. The monoisotopic (exact) mass is 252 g/mol. The molecule has 0 aliphatic rings. The van der Waals surface area contributed by atoms with E-state index in [1.807, 2.05) is 13.8 Å². The largest absolute Gasteiger partial charge is 0.476 e. The lowest BCUT2D eigenvalue weighted by Gasteiger charge is -2.15. The molecule has 1 rings (SSSR count). The fourth-order valence-corrected chi connectivity index (χ4v) is 1.28. The van der Waals surface area contributed by atoms with Crippen molar-refractivity contribution in [3.8, 4) is 5.88 Å². The molecule has 1 aromatic heterocycles.